The van der Waals surface area contributed by atoms with Crippen molar-refractivity contribution in [2.45, 2.75) is 13.3 Å². The minimum absolute atomic E-state index is 0.307. The van der Waals surface area contributed by atoms with Crippen LogP contribution in [-0.4, -0.2) is 32.8 Å². The maximum atomic E-state index is 6.20. The minimum atomic E-state index is 0.307. The summed E-state index contributed by atoms with van der Waals surface area (Å²) >= 11 is 6.20. The van der Waals surface area contributed by atoms with E-state index in [0.29, 0.717) is 24.9 Å². The lowest BCUT2D eigenvalue weighted by Gasteiger charge is -2.11. The van der Waals surface area contributed by atoms with Gasteiger partial charge in [0.05, 0.1) is 12.3 Å². The van der Waals surface area contributed by atoms with Gasteiger partial charge in [0.25, 0.3) is 0 Å². The van der Waals surface area contributed by atoms with Crippen LogP contribution in [0.25, 0.3) is 16.9 Å². The first-order valence-corrected chi connectivity index (χ1v) is 7.20. The molecule has 0 spiro atoms. The van der Waals surface area contributed by atoms with E-state index >= 15 is 0 Å². The normalized spacial score (nSPS) is 11.1. The highest BCUT2D eigenvalue weighted by Gasteiger charge is 2.16. The van der Waals surface area contributed by atoms with Crippen LogP contribution in [0.3, 0.4) is 0 Å². The minimum Gasteiger partial charge on any atom is -0.381 e. The van der Waals surface area contributed by atoms with Gasteiger partial charge in [0.2, 0.25) is 5.28 Å². The third kappa shape index (κ3) is 2.75. The quantitative estimate of drug-likeness (QED) is 0.537. The van der Waals surface area contributed by atoms with Gasteiger partial charge < -0.3 is 4.74 Å². The third-order valence-electron chi connectivity index (χ3n) is 3.23. The Kier molecular flexibility index (Phi) is 4.13. The van der Waals surface area contributed by atoms with Crippen molar-refractivity contribution in [1.29, 1.82) is 0 Å². The second-order valence-electron chi connectivity index (χ2n) is 4.52. The topological polar surface area (TPSA) is 52.3 Å². The molecule has 0 bridgehead atoms. The highest BCUT2D eigenvalue weighted by molar-refractivity contribution is 6.28. The van der Waals surface area contributed by atoms with Crippen molar-refractivity contribution in [3.8, 4) is 11.3 Å². The number of benzene rings is 1. The third-order valence-corrected chi connectivity index (χ3v) is 3.47. The van der Waals surface area contributed by atoms with Crippen molar-refractivity contribution in [3.63, 3.8) is 0 Å². The highest BCUT2D eigenvalue weighted by Crippen LogP contribution is 2.26. The maximum absolute atomic E-state index is 6.20. The molecule has 0 saturated carbocycles. The largest absolute Gasteiger partial charge is 0.381 e. The van der Waals surface area contributed by atoms with E-state index in [-0.39, 0.29) is 0 Å². The molecule has 108 valence electrons. The van der Waals surface area contributed by atoms with Crippen LogP contribution in [-0.2, 0) is 11.2 Å². The molecule has 0 aliphatic carbocycles. The van der Waals surface area contributed by atoms with E-state index in [1.165, 1.54) is 6.33 Å². The van der Waals surface area contributed by atoms with Crippen LogP contribution < -0.4 is 0 Å². The number of rotatable bonds is 5. The highest BCUT2D eigenvalue weighted by atomic mass is 35.5. The molecule has 0 radical (unpaired) electrons. The summed E-state index contributed by atoms with van der Waals surface area (Å²) in [4.78, 5) is 8.81. The molecular formula is C15H15ClN4O. The molecule has 0 unspecified atom stereocenters. The number of hydrogen-bond donors (Lipinski definition) is 0. The average Bonchev–Trinajstić information content (AvgIpc) is 3.00. The zero-order chi connectivity index (χ0) is 14.7. The second kappa shape index (κ2) is 6.20. The van der Waals surface area contributed by atoms with Crippen LogP contribution >= 0.6 is 11.6 Å². The lowest BCUT2D eigenvalue weighted by molar-refractivity contribution is 0.151. The van der Waals surface area contributed by atoms with E-state index in [4.69, 9.17) is 16.3 Å². The van der Waals surface area contributed by atoms with E-state index in [0.717, 1.165) is 22.5 Å². The van der Waals surface area contributed by atoms with Crippen molar-refractivity contribution in [1.82, 2.24) is 19.6 Å². The summed E-state index contributed by atoms with van der Waals surface area (Å²) in [7, 11) is 0. The molecule has 2 heterocycles. The lowest BCUT2D eigenvalue weighted by Crippen LogP contribution is -2.06. The summed E-state index contributed by atoms with van der Waals surface area (Å²) in [6.45, 7) is 3.28. The number of hydrogen-bond acceptors (Lipinski definition) is 4. The van der Waals surface area contributed by atoms with Crippen molar-refractivity contribution >= 4 is 17.2 Å². The van der Waals surface area contributed by atoms with E-state index in [2.05, 4.69) is 15.1 Å². The van der Waals surface area contributed by atoms with Gasteiger partial charge in [0, 0.05) is 24.2 Å². The summed E-state index contributed by atoms with van der Waals surface area (Å²) in [6.07, 6.45) is 2.20. The molecule has 0 saturated heterocycles. The first kappa shape index (κ1) is 14.0. The van der Waals surface area contributed by atoms with Gasteiger partial charge in [-0.05, 0) is 18.5 Å². The molecule has 2 aromatic heterocycles. The molecule has 0 aliphatic heterocycles. The Morgan fingerprint density at radius 3 is 2.81 bits per heavy atom. The molecule has 3 aromatic rings. The van der Waals surface area contributed by atoms with Gasteiger partial charge >= 0.3 is 0 Å². The molecule has 3 rings (SSSR count). The molecule has 0 N–H and O–H groups in total. The molecular weight excluding hydrogens is 288 g/mol. The Balaban J connectivity index is 2.14. The fourth-order valence-corrected chi connectivity index (χ4v) is 2.49. The summed E-state index contributed by atoms with van der Waals surface area (Å²) in [5.74, 6) is 0. The van der Waals surface area contributed by atoms with Gasteiger partial charge in [0.15, 0.2) is 5.65 Å². The molecule has 1 aromatic carbocycles. The first-order chi connectivity index (χ1) is 10.3. The fraction of sp³-hybridized carbons (Fsp3) is 0.267. The number of aromatic nitrogens is 4. The Morgan fingerprint density at radius 2 is 2.05 bits per heavy atom. The van der Waals surface area contributed by atoms with Crippen molar-refractivity contribution in [3.05, 3.63) is 47.5 Å². The van der Waals surface area contributed by atoms with Gasteiger partial charge in [-0.2, -0.15) is 9.61 Å². The predicted octanol–water partition coefficient (Wildman–Crippen LogP) is 3.02. The maximum Gasteiger partial charge on any atom is 0.226 e. The Bertz CT molecular complexity index is 742. The van der Waals surface area contributed by atoms with Crippen molar-refractivity contribution in [2.75, 3.05) is 13.2 Å². The van der Waals surface area contributed by atoms with Gasteiger partial charge in [0.1, 0.15) is 6.33 Å². The molecule has 6 heteroatoms. The Labute approximate surface area is 127 Å². The first-order valence-electron chi connectivity index (χ1n) is 6.82. The summed E-state index contributed by atoms with van der Waals surface area (Å²) in [5, 5.41) is 4.42. The second-order valence-corrected chi connectivity index (χ2v) is 4.85. The molecule has 0 fully saturated rings. The van der Waals surface area contributed by atoms with E-state index in [1.54, 1.807) is 4.52 Å². The molecule has 0 aliphatic rings. The predicted molar refractivity (Wildman–Crippen MR) is 81.4 cm³/mol. The van der Waals surface area contributed by atoms with E-state index in [9.17, 15) is 0 Å². The molecule has 0 amide bonds. The fourth-order valence-electron chi connectivity index (χ4n) is 2.28. The standard InChI is InChI=1S/C15H15ClN4O/c1-2-21-9-8-12-13(11-6-4-3-5-7-11)19-15(16)20-14(12)17-10-18-20/h3-7,10H,2,8-9H2,1H3. The van der Waals surface area contributed by atoms with Crippen LogP contribution in [0, 0.1) is 0 Å². The van der Waals surface area contributed by atoms with Gasteiger partial charge in [-0.3, -0.25) is 0 Å². The zero-order valence-electron chi connectivity index (χ0n) is 11.7. The van der Waals surface area contributed by atoms with Crippen LogP contribution in [0.4, 0.5) is 0 Å². The van der Waals surface area contributed by atoms with E-state index in [1.807, 2.05) is 37.3 Å². The Hall–Kier alpha value is -1.98. The summed E-state index contributed by atoms with van der Waals surface area (Å²) < 4.78 is 7.02. The van der Waals surface area contributed by atoms with E-state index < -0.39 is 0 Å². The van der Waals surface area contributed by atoms with Crippen molar-refractivity contribution in [2.24, 2.45) is 0 Å². The van der Waals surface area contributed by atoms with Gasteiger partial charge in [-0.15, -0.1) is 0 Å². The van der Waals surface area contributed by atoms with Crippen LogP contribution in [0.2, 0.25) is 5.28 Å². The average molecular weight is 303 g/mol. The Morgan fingerprint density at radius 1 is 1.24 bits per heavy atom. The van der Waals surface area contributed by atoms with Crippen LogP contribution in [0.1, 0.15) is 12.5 Å². The lowest BCUT2D eigenvalue weighted by atomic mass is 10.0. The molecule has 21 heavy (non-hydrogen) atoms. The number of halogens is 1. The number of nitrogens with zero attached hydrogens (tertiary/aromatic N) is 4. The smallest absolute Gasteiger partial charge is 0.226 e. The zero-order valence-corrected chi connectivity index (χ0v) is 12.4. The SMILES string of the molecule is CCOCCc1c(-c2ccccc2)nc(Cl)n2ncnc12. The number of fused-ring (bicyclic) bond motifs is 1. The van der Waals surface area contributed by atoms with Gasteiger partial charge in [-0.1, -0.05) is 30.3 Å². The summed E-state index contributed by atoms with van der Waals surface area (Å²) in [5.41, 5.74) is 3.57. The van der Waals surface area contributed by atoms with Crippen LogP contribution in [0.5, 0.6) is 0 Å². The molecule has 5 nitrogen and oxygen atoms in total. The number of ether oxygens (including phenoxy) is 1. The van der Waals surface area contributed by atoms with Gasteiger partial charge in [-0.25, -0.2) is 9.97 Å². The van der Waals surface area contributed by atoms with Crippen molar-refractivity contribution < 1.29 is 4.74 Å². The summed E-state index contributed by atoms with van der Waals surface area (Å²) in [6, 6.07) is 9.95. The van der Waals surface area contributed by atoms with Crippen LogP contribution in [0.15, 0.2) is 36.7 Å². The molecule has 0 atom stereocenters. The monoisotopic (exact) mass is 302 g/mol.